The van der Waals surface area contributed by atoms with Gasteiger partial charge >= 0.3 is 0 Å². The molecule has 0 amide bonds. The van der Waals surface area contributed by atoms with Crippen molar-refractivity contribution in [3.8, 4) is 0 Å². The van der Waals surface area contributed by atoms with E-state index in [0.29, 0.717) is 11.7 Å². The zero-order chi connectivity index (χ0) is 12.0. The molecule has 92 valence electrons. The maximum Gasteiger partial charge on any atom is 0.132 e. The van der Waals surface area contributed by atoms with Gasteiger partial charge in [0.05, 0.1) is 0 Å². The Balaban J connectivity index is 2.26. The quantitative estimate of drug-likeness (QED) is 0.742. The Morgan fingerprint density at radius 3 is 2.62 bits per heavy atom. The smallest absolute Gasteiger partial charge is 0.132 e. The van der Waals surface area contributed by atoms with Crippen molar-refractivity contribution < 1.29 is 4.79 Å². The number of hydrogen-bond donors (Lipinski definition) is 1. The second-order valence-corrected chi connectivity index (χ2v) is 6.44. The van der Waals surface area contributed by atoms with E-state index in [1.54, 1.807) is 6.92 Å². The predicted molar refractivity (Wildman–Crippen MR) is 66.1 cm³/mol. The summed E-state index contributed by atoms with van der Waals surface area (Å²) in [6.45, 7) is 6.35. The Morgan fingerprint density at radius 1 is 1.31 bits per heavy atom. The van der Waals surface area contributed by atoms with Crippen LogP contribution >= 0.6 is 0 Å². The van der Waals surface area contributed by atoms with Gasteiger partial charge in [0.25, 0.3) is 0 Å². The number of rotatable bonds is 1. The van der Waals surface area contributed by atoms with Gasteiger partial charge in [0, 0.05) is 11.5 Å². The van der Waals surface area contributed by atoms with E-state index >= 15 is 0 Å². The molecule has 2 N–H and O–H groups in total. The van der Waals surface area contributed by atoms with Gasteiger partial charge in [0.15, 0.2) is 0 Å². The lowest BCUT2D eigenvalue weighted by molar-refractivity contribution is -0.126. The molecule has 0 spiro atoms. The minimum absolute atomic E-state index is 0.0974. The summed E-state index contributed by atoms with van der Waals surface area (Å²) in [6.07, 6.45) is 6.89. The third-order valence-electron chi connectivity index (χ3n) is 5.57. The van der Waals surface area contributed by atoms with E-state index in [9.17, 15) is 4.79 Å². The molecule has 2 nitrogen and oxygen atoms in total. The molecule has 2 aliphatic rings. The Kier molecular flexibility index (Phi) is 2.90. The Hall–Kier alpha value is -0.370. The van der Waals surface area contributed by atoms with Gasteiger partial charge in [-0.25, -0.2) is 0 Å². The molecule has 0 aromatic carbocycles. The number of carbonyl (C=O) groups is 1. The van der Waals surface area contributed by atoms with E-state index in [1.807, 2.05) is 0 Å². The van der Waals surface area contributed by atoms with Crippen LogP contribution in [0, 0.1) is 17.3 Å². The molecule has 0 aromatic heterocycles. The molecule has 0 aromatic rings. The maximum absolute atomic E-state index is 11.6. The third kappa shape index (κ3) is 1.62. The zero-order valence-corrected chi connectivity index (χ0v) is 10.9. The van der Waals surface area contributed by atoms with Gasteiger partial charge in [0.2, 0.25) is 0 Å². The lowest BCUT2D eigenvalue weighted by atomic mass is 9.50. The Bertz CT molecular complexity index is 301. The van der Waals surface area contributed by atoms with Gasteiger partial charge < -0.3 is 5.73 Å². The predicted octanol–water partition coefficient (Wildman–Crippen LogP) is 2.90. The third-order valence-corrected chi connectivity index (χ3v) is 5.57. The largest absolute Gasteiger partial charge is 0.324 e. The number of Topliss-reactive ketones (excluding diaryl/α,β-unsaturated/α-hetero) is 1. The molecule has 0 saturated heterocycles. The fourth-order valence-electron chi connectivity index (χ4n) is 4.04. The first kappa shape index (κ1) is 12.1. The normalized spacial score (nSPS) is 48.5. The Labute approximate surface area is 99.0 Å². The Morgan fingerprint density at radius 2 is 2.00 bits per heavy atom. The van der Waals surface area contributed by atoms with E-state index in [1.165, 1.54) is 19.3 Å². The SMILES string of the molecule is CC(=O)C1CC[C@@]2(C)CCC[C@@H](C)[C@@]2(N)C1. The average Bonchev–Trinajstić information content (AvgIpc) is 2.20. The van der Waals surface area contributed by atoms with Crippen LogP contribution in [0.1, 0.15) is 59.3 Å². The second kappa shape index (κ2) is 3.83. The van der Waals surface area contributed by atoms with Gasteiger partial charge in [-0.1, -0.05) is 20.3 Å². The fraction of sp³-hybridized carbons (Fsp3) is 0.929. The van der Waals surface area contributed by atoms with Crippen LogP contribution in [0.15, 0.2) is 0 Å². The molecular formula is C14H25NO. The van der Waals surface area contributed by atoms with E-state index < -0.39 is 0 Å². The topological polar surface area (TPSA) is 43.1 Å². The summed E-state index contributed by atoms with van der Waals surface area (Å²) in [5.41, 5.74) is 6.90. The number of carbonyl (C=O) groups excluding carboxylic acids is 1. The average molecular weight is 223 g/mol. The highest BCUT2D eigenvalue weighted by Crippen LogP contribution is 2.55. The molecule has 16 heavy (non-hydrogen) atoms. The zero-order valence-electron chi connectivity index (χ0n) is 10.9. The highest BCUT2D eigenvalue weighted by atomic mass is 16.1. The molecule has 2 rings (SSSR count). The van der Waals surface area contributed by atoms with Crippen LogP contribution in [0.4, 0.5) is 0 Å². The van der Waals surface area contributed by atoms with Crippen molar-refractivity contribution in [2.75, 3.05) is 0 Å². The number of ketones is 1. The number of nitrogens with two attached hydrogens (primary N) is 1. The molecule has 2 aliphatic carbocycles. The molecule has 4 atom stereocenters. The fourth-order valence-corrected chi connectivity index (χ4v) is 4.04. The molecule has 0 aliphatic heterocycles. The van der Waals surface area contributed by atoms with Crippen molar-refractivity contribution in [3.05, 3.63) is 0 Å². The molecule has 2 heteroatoms. The summed E-state index contributed by atoms with van der Waals surface area (Å²) in [4.78, 5) is 11.6. The highest BCUT2D eigenvalue weighted by Gasteiger charge is 2.54. The number of hydrogen-bond acceptors (Lipinski definition) is 2. The van der Waals surface area contributed by atoms with Crippen LogP contribution in [0.3, 0.4) is 0 Å². The highest BCUT2D eigenvalue weighted by molar-refractivity contribution is 5.78. The van der Waals surface area contributed by atoms with Crippen LogP contribution in [0.2, 0.25) is 0 Å². The van der Waals surface area contributed by atoms with Gasteiger partial charge in [-0.15, -0.1) is 0 Å². The lowest BCUT2D eigenvalue weighted by Crippen LogP contribution is -2.63. The minimum atomic E-state index is -0.0974. The van der Waals surface area contributed by atoms with E-state index in [2.05, 4.69) is 13.8 Å². The van der Waals surface area contributed by atoms with Crippen molar-refractivity contribution in [3.63, 3.8) is 0 Å². The van der Waals surface area contributed by atoms with Crippen LogP contribution in [0.25, 0.3) is 0 Å². The van der Waals surface area contributed by atoms with Gasteiger partial charge in [-0.3, -0.25) is 4.79 Å². The van der Waals surface area contributed by atoms with Crippen molar-refractivity contribution >= 4 is 5.78 Å². The van der Waals surface area contributed by atoms with E-state index in [0.717, 1.165) is 19.3 Å². The monoisotopic (exact) mass is 223 g/mol. The summed E-state index contributed by atoms with van der Waals surface area (Å²) in [7, 11) is 0. The summed E-state index contributed by atoms with van der Waals surface area (Å²) in [6, 6.07) is 0. The molecule has 2 saturated carbocycles. The molecular weight excluding hydrogens is 198 g/mol. The van der Waals surface area contributed by atoms with Crippen molar-refractivity contribution in [2.45, 2.75) is 64.8 Å². The lowest BCUT2D eigenvalue weighted by Gasteiger charge is -2.58. The number of fused-ring (bicyclic) bond motifs is 1. The summed E-state index contributed by atoms with van der Waals surface area (Å²) < 4.78 is 0. The summed E-state index contributed by atoms with van der Waals surface area (Å²) >= 11 is 0. The standard InChI is InChI=1S/C14H25NO/c1-10-5-4-7-13(3)8-6-12(11(2)16)9-14(10,13)15/h10,12H,4-9,15H2,1-3H3/t10-,12?,13-,14+/m1/s1. The van der Waals surface area contributed by atoms with Crippen LogP contribution in [-0.2, 0) is 4.79 Å². The van der Waals surface area contributed by atoms with Gasteiger partial charge in [0.1, 0.15) is 5.78 Å². The van der Waals surface area contributed by atoms with Crippen molar-refractivity contribution in [1.82, 2.24) is 0 Å². The first-order valence-electron chi connectivity index (χ1n) is 6.68. The molecule has 0 heterocycles. The van der Waals surface area contributed by atoms with Gasteiger partial charge in [-0.05, 0) is 50.4 Å². The summed E-state index contributed by atoms with van der Waals surface area (Å²) in [5, 5.41) is 0. The van der Waals surface area contributed by atoms with Crippen molar-refractivity contribution in [1.29, 1.82) is 0 Å². The van der Waals surface area contributed by atoms with Crippen LogP contribution < -0.4 is 5.73 Å². The molecule has 1 unspecified atom stereocenters. The van der Waals surface area contributed by atoms with E-state index in [-0.39, 0.29) is 16.9 Å². The van der Waals surface area contributed by atoms with Crippen LogP contribution in [0.5, 0.6) is 0 Å². The maximum atomic E-state index is 11.6. The molecule has 2 fully saturated rings. The second-order valence-electron chi connectivity index (χ2n) is 6.44. The van der Waals surface area contributed by atoms with Gasteiger partial charge in [-0.2, -0.15) is 0 Å². The van der Waals surface area contributed by atoms with E-state index in [4.69, 9.17) is 5.73 Å². The summed E-state index contributed by atoms with van der Waals surface area (Å²) in [5.74, 6) is 1.12. The molecule has 0 radical (unpaired) electrons. The van der Waals surface area contributed by atoms with Crippen molar-refractivity contribution in [2.24, 2.45) is 23.0 Å². The molecule has 0 bridgehead atoms. The van der Waals surface area contributed by atoms with Crippen LogP contribution in [-0.4, -0.2) is 11.3 Å². The minimum Gasteiger partial charge on any atom is -0.324 e. The first-order valence-corrected chi connectivity index (χ1v) is 6.68. The first-order chi connectivity index (χ1) is 7.39.